The number of halogens is 2. The third-order valence-corrected chi connectivity index (χ3v) is 6.30. The van der Waals surface area contributed by atoms with Crippen LogP contribution in [0.3, 0.4) is 0 Å². The van der Waals surface area contributed by atoms with E-state index in [9.17, 15) is 17.6 Å². The zero-order valence-electron chi connectivity index (χ0n) is 16.6. The van der Waals surface area contributed by atoms with E-state index in [1.165, 1.54) is 19.1 Å². The summed E-state index contributed by atoms with van der Waals surface area (Å²) >= 11 is 6.30. The van der Waals surface area contributed by atoms with Crippen LogP contribution in [0.2, 0.25) is 5.02 Å². The lowest BCUT2D eigenvalue weighted by Gasteiger charge is -2.16. The number of carbonyl (C=O) groups excluding carboxylic acids is 1. The molecule has 0 aliphatic carbocycles. The van der Waals surface area contributed by atoms with Gasteiger partial charge in [0.05, 0.1) is 16.8 Å². The lowest BCUT2D eigenvalue weighted by molar-refractivity contribution is -0.117. The molecule has 6 nitrogen and oxygen atoms in total. The van der Waals surface area contributed by atoms with Crippen molar-refractivity contribution in [3.05, 3.63) is 89.2 Å². The van der Waals surface area contributed by atoms with Crippen molar-refractivity contribution >= 4 is 38.9 Å². The van der Waals surface area contributed by atoms with Crippen LogP contribution in [-0.4, -0.2) is 20.4 Å². The van der Waals surface area contributed by atoms with Gasteiger partial charge in [-0.15, -0.1) is 0 Å². The van der Waals surface area contributed by atoms with Gasteiger partial charge in [-0.25, -0.2) is 12.8 Å². The number of anilines is 2. The molecule has 3 N–H and O–H groups in total. The van der Waals surface area contributed by atoms with E-state index in [-0.39, 0.29) is 0 Å². The minimum absolute atomic E-state index is 0.397. The van der Waals surface area contributed by atoms with E-state index < -0.39 is 32.7 Å². The van der Waals surface area contributed by atoms with Crippen LogP contribution in [0.15, 0.2) is 77.7 Å². The molecule has 3 rings (SSSR count). The standard InChI is InChI=1S/C22H21ClFN3O3S/c1-15(27-31(29,30)21-10-6-5-9-19(21)24)22(28)26-17-11-12-20(18(23)13-17)25-14-16-7-3-2-4-8-16/h2-13,15,25,27H,14H2,1H3,(H,26,28)/t15-/m0/s1. The highest BCUT2D eigenvalue weighted by Gasteiger charge is 2.24. The average Bonchev–Trinajstić information content (AvgIpc) is 2.73. The van der Waals surface area contributed by atoms with Crippen molar-refractivity contribution in [3.63, 3.8) is 0 Å². The van der Waals surface area contributed by atoms with Gasteiger partial charge < -0.3 is 10.6 Å². The summed E-state index contributed by atoms with van der Waals surface area (Å²) in [6.45, 7) is 1.95. The van der Waals surface area contributed by atoms with E-state index in [0.717, 1.165) is 17.7 Å². The highest BCUT2D eigenvalue weighted by Crippen LogP contribution is 2.26. The number of sulfonamides is 1. The van der Waals surface area contributed by atoms with Crippen molar-refractivity contribution in [3.8, 4) is 0 Å². The van der Waals surface area contributed by atoms with E-state index in [1.54, 1.807) is 18.2 Å². The van der Waals surface area contributed by atoms with Gasteiger partial charge in [-0.1, -0.05) is 54.1 Å². The summed E-state index contributed by atoms with van der Waals surface area (Å²) in [5.74, 6) is -1.51. The Hall–Kier alpha value is -2.94. The number of amides is 1. The van der Waals surface area contributed by atoms with Crippen molar-refractivity contribution in [1.82, 2.24) is 4.72 Å². The van der Waals surface area contributed by atoms with Crippen LogP contribution in [-0.2, 0) is 21.4 Å². The van der Waals surface area contributed by atoms with E-state index in [0.29, 0.717) is 22.9 Å². The van der Waals surface area contributed by atoms with E-state index >= 15 is 0 Å². The molecule has 0 bridgehead atoms. The largest absolute Gasteiger partial charge is 0.380 e. The van der Waals surface area contributed by atoms with Crippen molar-refractivity contribution < 1.29 is 17.6 Å². The molecule has 0 fully saturated rings. The highest BCUT2D eigenvalue weighted by atomic mass is 35.5. The van der Waals surface area contributed by atoms with Gasteiger partial charge in [0, 0.05) is 12.2 Å². The van der Waals surface area contributed by atoms with Crippen LogP contribution >= 0.6 is 11.6 Å². The van der Waals surface area contributed by atoms with Gasteiger partial charge >= 0.3 is 0 Å². The molecule has 1 amide bonds. The normalized spacial score (nSPS) is 12.2. The molecular formula is C22H21ClFN3O3S. The Morgan fingerprint density at radius 1 is 1.03 bits per heavy atom. The number of carbonyl (C=O) groups is 1. The lowest BCUT2D eigenvalue weighted by Crippen LogP contribution is -2.41. The SMILES string of the molecule is C[C@H](NS(=O)(=O)c1ccccc1F)C(=O)Nc1ccc(NCc2ccccc2)c(Cl)c1. The maximum absolute atomic E-state index is 13.8. The molecule has 3 aromatic carbocycles. The Labute approximate surface area is 185 Å². The number of rotatable bonds is 8. The van der Waals surface area contributed by atoms with Gasteiger partial charge in [-0.3, -0.25) is 4.79 Å². The number of hydrogen-bond donors (Lipinski definition) is 3. The van der Waals surface area contributed by atoms with E-state index in [2.05, 4.69) is 15.4 Å². The summed E-state index contributed by atoms with van der Waals surface area (Å²) in [6, 6.07) is 18.5. The smallest absolute Gasteiger partial charge is 0.244 e. The fraction of sp³-hybridized carbons (Fsp3) is 0.136. The molecule has 0 heterocycles. The second kappa shape index (κ2) is 9.91. The first-order valence-corrected chi connectivity index (χ1v) is 11.3. The van der Waals surface area contributed by atoms with Crippen LogP contribution in [0, 0.1) is 5.82 Å². The fourth-order valence-corrected chi connectivity index (χ4v) is 4.32. The molecule has 0 aromatic heterocycles. The molecule has 9 heteroatoms. The van der Waals surface area contributed by atoms with Gasteiger partial charge in [-0.2, -0.15) is 4.72 Å². The number of benzene rings is 3. The minimum Gasteiger partial charge on any atom is -0.380 e. The average molecular weight is 462 g/mol. The van der Waals surface area contributed by atoms with Gasteiger partial charge in [0.1, 0.15) is 10.7 Å². The number of nitrogens with one attached hydrogen (secondary N) is 3. The molecule has 0 saturated carbocycles. The summed E-state index contributed by atoms with van der Waals surface area (Å²) in [5.41, 5.74) is 2.18. The molecule has 0 saturated heterocycles. The van der Waals surface area contributed by atoms with Crippen molar-refractivity contribution in [1.29, 1.82) is 0 Å². The Bertz CT molecular complexity index is 1170. The van der Waals surface area contributed by atoms with E-state index in [4.69, 9.17) is 11.6 Å². The molecule has 3 aromatic rings. The molecule has 0 aliphatic heterocycles. The topological polar surface area (TPSA) is 87.3 Å². The zero-order chi connectivity index (χ0) is 22.4. The second-order valence-corrected chi connectivity index (χ2v) is 8.89. The molecule has 0 aliphatic rings. The summed E-state index contributed by atoms with van der Waals surface area (Å²) < 4.78 is 40.7. The van der Waals surface area contributed by atoms with Crippen molar-refractivity contribution in [2.75, 3.05) is 10.6 Å². The Morgan fingerprint density at radius 2 is 1.71 bits per heavy atom. The highest BCUT2D eigenvalue weighted by molar-refractivity contribution is 7.89. The van der Waals surface area contributed by atoms with Crippen LogP contribution in [0.25, 0.3) is 0 Å². The van der Waals surface area contributed by atoms with Gasteiger partial charge in [0.25, 0.3) is 0 Å². The van der Waals surface area contributed by atoms with Crippen molar-refractivity contribution in [2.24, 2.45) is 0 Å². The fourth-order valence-electron chi connectivity index (χ4n) is 2.79. The quantitative estimate of drug-likeness (QED) is 0.464. The Kier molecular flexibility index (Phi) is 7.27. The molecule has 162 valence electrons. The first-order chi connectivity index (χ1) is 14.8. The first kappa shape index (κ1) is 22.7. The molecule has 0 unspecified atom stereocenters. The monoisotopic (exact) mass is 461 g/mol. The van der Waals surface area contributed by atoms with Crippen LogP contribution in [0.4, 0.5) is 15.8 Å². The Balaban J connectivity index is 1.62. The Morgan fingerprint density at radius 3 is 2.39 bits per heavy atom. The molecule has 31 heavy (non-hydrogen) atoms. The summed E-state index contributed by atoms with van der Waals surface area (Å²) in [6.07, 6.45) is 0. The maximum atomic E-state index is 13.8. The van der Waals surface area contributed by atoms with Gasteiger partial charge in [0.2, 0.25) is 15.9 Å². The van der Waals surface area contributed by atoms with Crippen LogP contribution < -0.4 is 15.4 Å². The third kappa shape index (κ3) is 6.04. The maximum Gasteiger partial charge on any atom is 0.244 e. The zero-order valence-corrected chi connectivity index (χ0v) is 18.2. The van der Waals surface area contributed by atoms with Crippen LogP contribution in [0.1, 0.15) is 12.5 Å². The summed E-state index contributed by atoms with van der Waals surface area (Å²) in [7, 11) is -4.20. The summed E-state index contributed by atoms with van der Waals surface area (Å²) in [5, 5.41) is 6.21. The summed E-state index contributed by atoms with van der Waals surface area (Å²) in [4.78, 5) is 11.9. The van der Waals surface area contributed by atoms with Crippen LogP contribution in [0.5, 0.6) is 0 Å². The predicted octanol–water partition coefficient (Wildman–Crippen LogP) is 4.40. The molecule has 1 atom stereocenters. The van der Waals surface area contributed by atoms with E-state index in [1.807, 2.05) is 30.3 Å². The predicted molar refractivity (Wildman–Crippen MR) is 120 cm³/mol. The molecule has 0 radical (unpaired) electrons. The van der Waals surface area contributed by atoms with Crippen molar-refractivity contribution in [2.45, 2.75) is 24.4 Å². The molecule has 0 spiro atoms. The minimum atomic E-state index is -4.20. The lowest BCUT2D eigenvalue weighted by atomic mass is 10.2. The molecular weight excluding hydrogens is 441 g/mol. The van der Waals surface area contributed by atoms with Gasteiger partial charge in [-0.05, 0) is 42.8 Å². The second-order valence-electron chi connectivity index (χ2n) is 6.80. The number of hydrogen-bond acceptors (Lipinski definition) is 4. The van der Waals surface area contributed by atoms with Gasteiger partial charge in [0.15, 0.2) is 0 Å². The first-order valence-electron chi connectivity index (χ1n) is 9.41. The third-order valence-electron chi connectivity index (χ3n) is 4.41.